The van der Waals surface area contributed by atoms with Crippen LogP contribution in [0, 0.1) is 0 Å². The molecule has 1 atom stereocenters. The van der Waals surface area contributed by atoms with E-state index in [2.05, 4.69) is 5.32 Å². The van der Waals surface area contributed by atoms with Crippen molar-refractivity contribution in [1.82, 2.24) is 0 Å². The molecule has 0 amide bonds. The molecule has 15 heavy (non-hydrogen) atoms. The smallest absolute Gasteiger partial charge is 0.335 e. The second-order valence-electron chi connectivity index (χ2n) is 3.57. The fourth-order valence-electron chi connectivity index (χ4n) is 1.41. The predicted octanol–water partition coefficient (Wildman–Crippen LogP) is 1.87. The van der Waals surface area contributed by atoms with Crippen molar-refractivity contribution in [1.29, 1.82) is 0 Å². The first-order valence-electron chi connectivity index (χ1n) is 4.47. The summed E-state index contributed by atoms with van der Waals surface area (Å²) >= 11 is 0. The highest BCUT2D eigenvalue weighted by Gasteiger charge is 2.30. The van der Waals surface area contributed by atoms with Crippen molar-refractivity contribution < 1.29 is 19.0 Å². The number of halogens is 1. The van der Waals surface area contributed by atoms with Crippen molar-refractivity contribution in [2.24, 2.45) is 0 Å². The zero-order valence-electron chi connectivity index (χ0n) is 8.08. The quantitative estimate of drug-likeness (QED) is 0.744. The Hall–Kier alpha value is -1.78. The summed E-state index contributed by atoms with van der Waals surface area (Å²) in [5.41, 5.74) is 0.650. The number of alkyl halides is 1. The Morgan fingerprint density at radius 2 is 2.40 bits per heavy atom. The van der Waals surface area contributed by atoms with Crippen molar-refractivity contribution in [2.45, 2.75) is 12.8 Å². The lowest BCUT2D eigenvalue weighted by Crippen LogP contribution is -2.38. The molecule has 1 heterocycles. The lowest BCUT2D eigenvalue weighted by atomic mass is 10.1. The van der Waals surface area contributed by atoms with Crippen molar-refractivity contribution in [2.75, 3.05) is 11.9 Å². The molecule has 80 valence electrons. The summed E-state index contributed by atoms with van der Waals surface area (Å²) in [6, 6.07) is 4.25. The van der Waals surface area contributed by atoms with Crippen LogP contribution >= 0.6 is 0 Å². The Kier molecular flexibility index (Phi) is 2.03. The van der Waals surface area contributed by atoms with Crippen LogP contribution in [0.1, 0.15) is 17.3 Å². The van der Waals surface area contributed by atoms with Crippen LogP contribution in [0.5, 0.6) is 5.75 Å². The van der Waals surface area contributed by atoms with Gasteiger partial charge >= 0.3 is 5.97 Å². The van der Waals surface area contributed by atoms with Gasteiger partial charge < -0.3 is 15.2 Å². The summed E-state index contributed by atoms with van der Waals surface area (Å²) in [4.78, 5) is 10.7. The first-order valence-corrected chi connectivity index (χ1v) is 4.47. The minimum atomic E-state index is -1.75. The van der Waals surface area contributed by atoms with Gasteiger partial charge in [-0.05, 0) is 18.2 Å². The van der Waals surface area contributed by atoms with Gasteiger partial charge in [0.1, 0.15) is 5.75 Å². The van der Waals surface area contributed by atoms with Crippen molar-refractivity contribution in [3.8, 4) is 5.75 Å². The summed E-state index contributed by atoms with van der Waals surface area (Å²) in [6.45, 7) is 1.32. The highest BCUT2D eigenvalue weighted by atomic mass is 19.2. The zero-order valence-corrected chi connectivity index (χ0v) is 8.08. The van der Waals surface area contributed by atoms with Crippen LogP contribution in [0.3, 0.4) is 0 Å². The Morgan fingerprint density at radius 1 is 1.67 bits per heavy atom. The largest absolute Gasteiger partial charge is 0.478 e. The molecule has 0 bridgehead atoms. The maximum Gasteiger partial charge on any atom is 0.335 e. The fraction of sp³-hybridized carbons (Fsp3) is 0.300. The number of hydrogen-bond donors (Lipinski definition) is 2. The molecule has 4 nitrogen and oxygen atoms in total. The van der Waals surface area contributed by atoms with Gasteiger partial charge in [-0.25, -0.2) is 4.79 Å². The van der Waals surface area contributed by atoms with Crippen LogP contribution in [-0.4, -0.2) is 23.5 Å². The average Bonchev–Trinajstić information content (AvgIpc) is 2.15. The number of aromatic carboxylic acids is 1. The summed E-state index contributed by atoms with van der Waals surface area (Å²) < 4.78 is 18.4. The van der Waals surface area contributed by atoms with Gasteiger partial charge in [0.05, 0.1) is 17.8 Å². The Labute approximate surface area is 85.7 Å². The molecule has 1 unspecified atom stereocenters. The van der Waals surface area contributed by atoms with Gasteiger partial charge in [-0.2, -0.15) is 4.39 Å². The van der Waals surface area contributed by atoms with E-state index < -0.39 is 11.8 Å². The lowest BCUT2D eigenvalue weighted by molar-refractivity contribution is -0.0362. The Morgan fingerprint density at radius 3 is 3.07 bits per heavy atom. The van der Waals surface area contributed by atoms with Crippen LogP contribution in [0.25, 0.3) is 0 Å². The molecule has 0 aliphatic carbocycles. The van der Waals surface area contributed by atoms with E-state index in [-0.39, 0.29) is 12.1 Å². The third kappa shape index (κ3) is 1.86. The molecule has 1 aromatic carbocycles. The van der Waals surface area contributed by atoms with E-state index in [0.717, 1.165) is 0 Å². The normalized spacial score (nSPS) is 23.6. The molecular weight excluding hydrogens is 201 g/mol. The van der Waals surface area contributed by atoms with Crippen LogP contribution in [-0.2, 0) is 0 Å². The maximum atomic E-state index is 13.4. The van der Waals surface area contributed by atoms with Crippen LogP contribution < -0.4 is 10.1 Å². The second kappa shape index (κ2) is 3.12. The summed E-state index contributed by atoms with van der Waals surface area (Å²) in [7, 11) is 0. The number of carbonyl (C=O) groups is 1. The number of fused-ring (bicyclic) bond motifs is 1. The van der Waals surface area contributed by atoms with E-state index in [4.69, 9.17) is 9.84 Å². The van der Waals surface area contributed by atoms with E-state index in [0.29, 0.717) is 11.4 Å². The molecule has 1 aliphatic rings. The highest BCUT2D eigenvalue weighted by Crippen LogP contribution is 2.34. The molecule has 2 N–H and O–H groups in total. The van der Waals surface area contributed by atoms with Crippen molar-refractivity contribution in [3.63, 3.8) is 0 Å². The van der Waals surface area contributed by atoms with Crippen molar-refractivity contribution in [3.05, 3.63) is 23.8 Å². The molecule has 1 aromatic rings. The summed E-state index contributed by atoms with van der Waals surface area (Å²) in [6.07, 6.45) is 0. The van der Waals surface area contributed by atoms with Gasteiger partial charge in [-0.1, -0.05) is 0 Å². The molecule has 0 saturated heterocycles. The fourth-order valence-corrected chi connectivity index (χ4v) is 1.41. The number of benzene rings is 1. The third-order valence-electron chi connectivity index (χ3n) is 2.14. The van der Waals surface area contributed by atoms with Crippen LogP contribution in [0.15, 0.2) is 18.2 Å². The molecule has 0 aromatic heterocycles. The van der Waals surface area contributed by atoms with Gasteiger partial charge in [0.25, 0.3) is 5.85 Å². The first kappa shape index (κ1) is 9.76. The maximum absolute atomic E-state index is 13.4. The lowest BCUT2D eigenvalue weighted by Gasteiger charge is -2.29. The third-order valence-corrected chi connectivity index (χ3v) is 2.14. The molecule has 2 rings (SSSR count). The van der Waals surface area contributed by atoms with Crippen molar-refractivity contribution >= 4 is 11.7 Å². The predicted molar refractivity (Wildman–Crippen MR) is 52.0 cm³/mol. The van der Waals surface area contributed by atoms with E-state index in [1.165, 1.54) is 25.1 Å². The van der Waals surface area contributed by atoms with E-state index in [9.17, 15) is 9.18 Å². The number of nitrogens with one attached hydrogen (secondary N) is 1. The number of anilines is 1. The average molecular weight is 211 g/mol. The Bertz CT molecular complexity index is 417. The van der Waals surface area contributed by atoms with E-state index in [1.807, 2.05) is 0 Å². The second-order valence-corrected chi connectivity index (χ2v) is 3.57. The van der Waals surface area contributed by atoms with Gasteiger partial charge in [0.15, 0.2) is 0 Å². The van der Waals surface area contributed by atoms with Crippen LogP contribution in [0.4, 0.5) is 10.1 Å². The molecule has 0 fully saturated rings. The number of hydrogen-bond acceptors (Lipinski definition) is 3. The minimum absolute atomic E-state index is 0.00305. The molecule has 0 saturated carbocycles. The zero-order chi connectivity index (χ0) is 11.1. The minimum Gasteiger partial charge on any atom is -0.478 e. The van der Waals surface area contributed by atoms with Crippen LogP contribution in [0.2, 0.25) is 0 Å². The van der Waals surface area contributed by atoms with Gasteiger partial charge in [0, 0.05) is 6.92 Å². The molecule has 5 heteroatoms. The number of carboxylic acids is 1. The van der Waals surface area contributed by atoms with Gasteiger partial charge in [-0.15, -0.1) is 0 Å². The SMILES string of the molecule is CC1(F)CNc2cc(C(=O)O)ccc2O1. The molecule has 1 aliphatic heterocycles. The first-order chi connectivity index (χ1) is 6.98. The number of rotatable bonds is 1. The van der Waals surface area contributed by atoms with Gasteiger partial charge in [-0.3, -0.25) is 0 Å². The summed E-state index contributed by atoms with van der Waals surface area (Å²) in [5.74, 6) is -2.44. The highest BCUT2D eigenvalue weighted by molar-refractivity contribution is 5.89. The molecular formula is C10H10FNO3. The monoisotopic (exact) mass is 211 g/mol. The number of carboxylic acid groups (broad SMARTS) is 1. The summed E-state index contributed by atoms with van der Waals surface area (Å²) in [5, 5.41) is 11.5. The number of ether oxygens (including phenoxy) is 1. The molecule has 0 radical (unpaired) electrons. The topological polar surface area (TPSA) is 58.6 Å². The van der Waals surface area contributed by atoms with E-state index >= 15 is 0 Å². The molecule has 0 spiro atoms. The van der Waals surface area contributed by atoms with Gasteiger partial charge in [0.2, 0.25) is 0 Å². The standard InChI is InChI=1S/C10H10FNO3/c1-10(11)5-12-7-4-6(9(13)14)2-3-8(7)15-10/h2-4,12H,5H2,1H3,(H,13,14). The Balaban J connectivity index is 2.36. The van der Waals surface area contributed by atoms with E-state index in [1.54, 1.807) is 0 Å².